The van der Waals surface area contributed by atoms with E-state index in [0.29, 0.717) is 36.2 Å². The molecular weight excluding hydrogens is 320 g/mol. The van der Waals surface area contributed by atoms with Crippen molar-refractivity contribution in [1.82, 2.24) is 4.72 Å². The summed E-state index contributed by atoms with van der Waals surface area (Å²) in [5, 5.41) is 0. The third-order valence-electron chi connectivity index (χ3n) is 2.79. The second kappa shape index (κ2) is 5.56. The van der Waals surface area contributed by atoms with Crippen molar-refractivity contribution in [2.45, 2.75) is 23.8 Å². The highest BCUT2D eigenvalue weighted by Gasteiger charge is 2.23. The molecule has 1 saturated heterocycles. The predicted octanol–water partition coefficient (Wildman–Crippen LogP) is 1.49. The van der Waals surface area contributed by atoms with Gasteiger partial charge in [-0.15, -0.1) is 0 Å². The van der Waals surface area contributed by atoms with E-state index >= 15 is 0 Å². The van der Waals surface area contributed by atoms with Crippen molar-refractivity contribution in [3.8, 4) is 0 Å². The number of hydrogen-bond acceptors (Lipinski definition) is 4. The lowest BCUT2D eigenvalue weighted by Gasteiger charge is -2.23. The lowest BCUT2D eigenvalue weighted by molar-refractivity contribution is 0.0832. The Labute approximate surface area is 115 Å². The quantitative estimate of drug-likeness (QED) is 0.820. The van der Waals surface area contributed by atoms with E-state index in [-0.39, 0.29) is 10.9 Å². The van der Waals surface area contributed by atoms with Crippen LogP contribution in [0.5, 0.6) is 0 Å². The molecule has 1 heterocycles. The molecule has 3 N–H and O–H groups in total. The van der Waals surface area contributed by atoms with Crippen LogP contribution in [-0.2, 0) is 14.8 Å². The van der Waals surface area contributed by atoms with Gasteiger partial charge in [-0.25, -0.2) is 13.1 Å². The van der Waals surface area contributed by atoms with E-state index in [4.69, 9.17) is 10.5 Å². The molecule has 0 saturated carbocycles. The summed E-state index contributed by atoms with van der Waals surface area (Å²) in [7, 11) is -3.52. The number of nitrogen functional groups attached to an aromatic ring is 1. The summed E-state index contributed by atoms with van der Waals surface area (Å²) in [5.74, 6) is 0. The first-order chi connectivity index (χ1) is 8.49. The van der Waals surface area contributed by atoms with Crippen LogP contribution in [0.3, 0.4) is 0 Å². The number of hydrogen-bond donors (Lipinski definition) is 2. The molecule has 7 heteroatoms. The number of nitrogens with one attached hydrogen (secondary N) is 1. The van der Waals surface area contributed by atoms with Gasteiger partial charge in [-0.3, -0.25) is 0 Å². The Morgan fingerprint density at radius 2 is 2.00 bits per heavy atom. The number of nitrogens with two attached hydrogens (primary N) is 1. The maximum Gasteiger partial charge on any atom is 0.241 e. The van der Waals surface area contributed by atoms with E-state index < -0.39 is 10.0 Å². The van der Waals surface area contributed by atoms with E-state index in [0.717, 1.165) is 0 Å². The van der Waals surface area contributed by atoms with Crippen LogP contribution in [0.15, 0.2) is 27.6 Å². The SMILES string of the molecule is Nc1ccc(S(=O)(=O)NC2CCOCC2)c(Br)c1. The van der Waals surface area contributed by atoms with Crippen LogP contribution in [0.2, 0.25) is 0 Å². The smallest absolute Gasteiger partial charge is 0.241 e. The van der Waals surface area contributed by atoms with Crippen molar-refractivity contribution in [2.75, 3.05) is 18.9 Å². The minimum absolute atomic E-state index is 0.0618. The summed E-state index contributed by atoms with van der Waals surface area (Å²) in [4.78, 5) is 0.211. The molecule has 1 aromatic rings. The normalized spacial score (nSPS) is 17.8. The summed E-state index contributed by atoms with van der Waals surface area (Å²) < 4.78 is 32.8. The van der Waals surface area contributed by atoms with Crippen LogP contribution in [0.25, 0.3) is 0 Å². The average Bonchev–Trinajstić information content (AvgIpc) is 2.29. The predicted molar refractivity (Wildman–Crippen MR) is 72.7 cm³/mol. The van der Waals surface area contributed by atoms with Gasteiger partial charge in [0.15, 0.2) is 0 Å². The lowest BCUT2D eigenvalue weighted by Crippen LogP contribution is -2.38. The number of anilines is 1. The fraction of sp³-hybridized carbons (Fsp3) is 0.455. The van der Waals surface area contributed by atoms with Crippen molar-refractivity contribution < 1.29 is 13.2 Å². The van der Waals surface area contributed by atoms with Gasteiger partial charge in [-0.2, -0.15) is 0 Å². The molecule has 18 heavy (non-hydrogen) atoms. The van der Waals surface area contributed by atoms with Gasteiger partial charge >= 0.3 is 0 Å². The minimum Gasteiger partial charge on any atom is -0.399 e. The van der Waals surface area contributed by atoms with E-state index in [9.17, 15) is 8.42 Å². The molecule has 5 nitrogen and oxygen atoms in total. The van der Waals surface area contributed by atoms with Crippen LogP contribution in [-0.4, -0.2) is 27.7 Å². The molecule has 0 aliphatic carbocycles. The molecule has 2 rings (SSSR count). The Kier molecular flexibility index (Phi) is 4.26. The molecule has 0 aromatic heterocycles. The third kappa shape index (κ3) is 3.23. The standard InChI is InChI=1S/C11H15BrN2O3S/c12-10-7-8(13)1-2-11(10)18(15,16)14-9-3-5-17-6-4-9/h1-2,7,9,14H,3-6,13H2. The molecule has 0 spiro atoms. The van der Waals surface area contributed by atoms with E-state index in [2.05, 4.69) is 20.7 Å². The Balaban J connectivity index is 2.19. The molecule has 0 bridgehead atoms. The Hall–Kier alpha value is -0.630. The Bertz CT molecular complexity index is 527. The van der Waals surface area contributed by atoms with Gasteiger partial charge in [0, 0.05) is 29.4 Å². The van der Waals surface area contributed by atoms with Gasteiger partial charge in [0.05, 0.1) is 4.90 Å². The maximum atomic E-state index is 12.2. The zero-order valence-electron chi connectivity index (χ0n) is 9.73. The molecule has 1 aliphatic heterocycles. The van der Waals surface area contributed by atoms with Crippen LogP contribution in [0.1, 0.15) is 12.8 Å². The van der Waals surface area contributed by atoms with Crippen LogP contribution in [0.4, 0.5) is 5.69 Å². The number of rotatable bonds is 3. The lowest BCUT2D eigenvalue weighted by atomic mass is 10.1. The maximum absolute atomic E-state index is 12.2. The Morgan fingerprint density at radius 3 is 2.61 bits per heavy atom. The van der Waals surface area contributed by atoms with Crippen LogP contribution < -0.4 is 10.5 Å². The van der Waals surface area contributed by atoms with Crippen LogP contribution >= 0.6 is 15.9 Å². The van der Waals surface area contributed by atoms with E-state index in [1.807, 2.05) is 0 Å². The highest BCUT2D eigenvalue weighted by Crippen LogP contribution is 2.24. The molecule has 0 unspecified atom stereocenters. The van der Waals surface area contributed by atoms with Gasteiger partial charge in [-0.05, 0) is 47.0 Å². The summed E-state index contributed by atoms with van der Waals surface area (Å²) in [6.07, 6.45) is 1.40. The third-order valence-corrected chi connectivity index (χ3v) is 5.29. The van der Waals surface area contributed by atoms with Crippen molar-refractivity contribution in [1.29, 1.82) is 0 Å². The van der Waals surface area contributed by atoms with E-state index in [1.165, 1.54) is 6.07 Å². The molecule has 0 atom stereocenters. The average molecular weight is 335 g/mol. The molecule has 100 valence electrons. The first-order valence-electron chi connectivity index (χ1n) is 5.64. The summed E-state index contributed by atoms with van der Waals surface area (Å²) in [5.41, 5.74) is 6.11. The first-order valence-corrected chi connectivity index (χ1v) is 7.92. The topological polar surface area (TPSA) is 81.4 Å². The van der Waals surface area contributed by atoms with Gasteiger partial charge in [0.25, 0.3) is 0 Å². The highest BCUT2D eigenvalue weighted by molar-refractivity contribution is 9.10. The molecule has 1 aromatic carbocycles. The molecule has 0 amide bonds. The number of benzene rings is 1. The minimum atomic E-state index is -3.52. The monoisotopic (exact) mass is 334 g/mol. The van der Waals surface area contributed by atoms with Crippen LogP contribution in [0, 0.1) is 0 Å². The van der Waals surface area contributed by atoms with Gasteiger partial charge in [-0.1, -0.05) is 0 Å². The van der Waals surface area contributed by atoms with E-state index in [1.54, 1.807) is 12.1 Å². The largest absolute Gasteiger partial charge is 0.399 e. The van der Waals surface area contributed by atoms with Gasteiger partial charge in [0.1, 0.15) is 0 Å². The second-order valence-corrected chi connectivity index (χ2v) is 6.73. The fourth-order valence-corrected chi connectivity index (χ4v) is 4.23. The molecule has 0 radical (unpaired) electrons. The molecule has 1 aliphatic rings. The Morgan fingerprint density at radius 1 is 1.33 bits per heavy atom. The highest BCUT2D eigenvalue weighted by atomic mass is 79.9. The zero-order valence-corrected chi connectivity index (χ0v) is 12.1. The van der Waals surface area contributed by atoms with Gasteiger partial charge in [0.2, 0.25) is 10.0 Å². The summed E-state index contributed by atoms with van der Waals surface area (Å²) in [6, 6.07) is 4.59. The van der Waals surface area contributed by atoms with Crippen molar-refractivity contribution in [3.63, 3.8) is 0 Å². The zero-order chi connectivity index (χ0) is 13.2. The molecule has 1 fully saturated rings. The number of halogens is 1. The number of sulfonamides is 1. The first kappa shape index (κ1) is 13.8. The fourth-order valence-electron chi connectivity index (χ4n) is 1.83. The summed E-state index contributed by atoms with van der Waals surface area (Å²) >= 11 is 3.22. The van der Waals surface area contributed by atoms with Crippen molar-refractivity contribution in [3.05, 3.63) is 22.7 Å². The van der Waals surface area contributed by atoms with Crippen molar-refractivity contribution in [2.24, 2.45) is 0 Å². The second-order valence-electron chi connectivity index (χ2n) is 4.20. The summed E-state index contributed by atoms with van der Waals surface area (Å²) in [6.45, 7) is 1.19. The van der Waals surface area contributed by atoms with Crippen molar-refractivity contribution >= 4 is 31.6 Å². The molecular formula is C11H15BrN2O3S. The number of ether oxygens (including phenoxy) is 1. The van der Waals surface area contributed by atoms with Gasteiger partial charge < -0.3 is 10.5 Å².